The normalized spacial score (nSPS) is 13.3. The van der Waals surface area contributed by atoms with Crippen LogP contribution < -0.4 is 5.43 Å². The van der Waals surface area contributed by atoms with Crippen molar-refractivity contribution in [3.05, 3.63) is 39.7 Å². The van der Waals surface area contributed by atoms with Crippen LogP contribution >= 0.6 is 0 Å². The molecule has 0 fully saturated rings. The number of hydrogen-bond acceptors (Lipinski definition) is 6. The minimum atomic E-state index is -0.930. The minimum absolute atomic E-state index is 0.0734. The zero-order valence-electron chi connectivity index (χ0n) is 20.9. The van der Waals surface area contributed by atoms with Crippen molar-refractivity contribution >= 4 is 16.8 Å². The van der Waals surface area contributed by atoms with Crippen molar-refractivity contribution in [3.63, 3.8) is 0 Å². The molecule has 34 heavy (non-hydrogen) atoms. The molecule has 0 amide bonds. The summed E-state index contributed by atoms with van der Waals surface area (Å²) in [7, 11) is 0. The second kappa shape index (κ2) is 14.3. The zero-order valence-corrected chi connectivity index (χ0v) is 20.9. The third-order valence-corrected chi connectivity index (χ3v) is 6.37. The standard InChI is InChI=1S/C28H42O6/c1-21(30)16-24-19-25(32)27-22(17-23(31)18-26(27)34-24)14-12-10-8-6-4-3-5-7-9-11-13-15-28(2,33)20-29/h17-19,29,31,33H,3-16,20H2,1-2H3. The SMILES string of the molecule is CC(=O)Cc1cc(=O)c2c(CCCCCCCCCCCCCC(C)(O)CO)cc(O)cc2o1. The van der Waals surface area contributed by atoms with E-state index in [-0.39, 0.29) is 30.0 Å². The van der Waals surface area contributed by atoms with E-state index < -0.39 is 5.60 Å². The lowest BCUT2D eigenvalue weighted by Gasteiger charge is -2.19. The van der Waals surface area contributed by atoms with Gasteiger partial charge in [0.1, 0.15) is 22.9 Å². The zero-order chi connectivity index (χ0) is 25.0. The molecule has 0 spiro atoms. The maximum atomic E-state index is 12.6. The Kier molecular flexibility index (Phi) is 11.8. The van der Waals surface area contributed by atoms with Gasteiger partial charge in [0.15, 0.2) is 5.43 Å². The predicted octanol–water partition coefficient (Wildman–Crippen LogP) is 5.60. The van der Waals surface area contributed by atoms with Gasteiger partial charge in [-0.05, 0) is 44.7 Å². The summed E-state index contributed by atoms with van der Waals surface area (Å²) in [5.41, 5.74) is 0.0582. The van der Waals surface area contributed by atoms with Crippen LogP contribution in [0.3, 0.4) is 0 Å². The molecule has 6 heteroatoms. The molecule has 0 saturated heterocycles. The first-order chi connectivity index (χ1) is 16.2. The molecular formula is C28H42O6. The summed E-state index contributed by atoms with van der Waals surface area (Å²) in [4.78, 5) is 24.0. The van der Waals surface area contributed by atoms with Crippen molar-refractivity contribution in [1.82, 2.24) is 0 Å². The molecule has 0 radical (unpaired) electrons. The number of benzene rings is 1. The number of fused-ring (bicyclic) bond motifs is 1. The molecule has 1 unspecified atom stereocenters. The highest BCUT2D eigenvalue weighted by molar-refractivity contribution is 5.83. The number of phenolic OH excluding ortho intramolecular Hbond substituents is 1. The lowest BCUT2D eigenvalue weighted by Crippen LogP contribution is -2.28. The summed E-state index contributed by atoms with van der Waals surface area (Å²) < 4.78 is 5.71. The van der Waals surface area contributed by atoms with Crippen LogP contribution in [0, 0.1) is 0 Å². The molecule has 3 N–H and O–H groups in total. The van der Waals surface area contributed by atoms with E-state index in [1.165, 1.54) is 57.6 Å². The Morgan fingerprint density at radius 2 is 1.47 bits per heavy atom. The second-order valence-corrected chi connectivity index (χ2v) is 9.98. The molecule has 6 nitrogen and oxygen atoms in total. The molecule has 0 aliphatic carbocycles. The smallest absolute Gasteiger partial charge is 0.193 e. The molecule has 0 saturated carbocycles. The molecular weight excluding hydrogens is 432 g/mol. The van der Waals surface area contributed by atoms with E-state index in [0.717, 1.165) is 37.7 Å². The van der Waals surface area contributed by atoms with Gasteiger partial charge in [0.25, 0.3) is 0 Å². The van der Waals surface area contributed by atoms with Gasteiger partial charge in [0.05, 0.1) is 24.0 Å². The van der Waals surface area contributed by atoms with Gasteiger partial charge in [-0.15, -0.1) is 0 Å². The molecule has 2 aromatic rings. The molecule has 0 aliphatic rings. The maximum Gasteiger partial charge on any atom is 0.193 e. The first-order valence-corrected chi connectivity index (χ1v) is 12.8. The van der Waals surface area contributed by atoms with Gasteiger partial charge in [0.2, 0.25) is 0 Å². The summed E-state index contributed by atoms with van der Waals surface area (Å²) in [6.45, 7) is 2.96. The molecule has 1 atom stereocenters. The molecule has 1 aromatic carbocycles. The van der Waals surface area contributed by atoms with Crippen LogP contribution in [0.4, 0.5) is 0 Å². The number of aliphatic hydroxyl groups excluding tert-OH is 1. The van der Waals surface area contributed by atoms with Crippen molar-refractivity contribution in [2.75, 3.05) is 6.61 Å². The Morgan fingerprint density at radius 3 is 2.03 bits per heavy atom. The number of rotatable bonds is 17. The Hall–Kier alpha value is -2.18. The fraction of sp³-hybridized carbons (Fsp3) is 0.643. The average molecular weight is 475 g/mol. The van der Waals surface area contributed by atoms with Gasteiger partial charge in [-0.2, -0.15) is 0 Å². The second-order valence-electron chi connectivity index (χ2n) is 9.98. The summed E-state index contributed by atoms with van der Waals surface area (Å²) >= 11 is 0. The maximum absolute atomic E-state index is 12.6. The summed E-state index contributed by atoms with van der Waals surface area (Å²) in [5, 5.41) is 29.4. The van der Waals surface area contributed by atoms with E-state index in [4.69, 9.17) is 9.52 Å². The molecule has 1 heterocycles. The average Bonchev–Trinajstić information content (AvgIpc) is 2.75. The van der Waals surface area contributed by atoms with E-state index in [1.807, 2.05) is 0 Å². The van der Waals surface area contributed by atoms with Crippen molar-refractivity contribution in [2.24, 2.45) is 0 Å². The van der Waals surface area contributed by atoms with Crippen LogP contribution in [0.2, 0.25) is 0 Å². The van der Waals surface area contributed by atoms with E-state index in [9.17, 15) is 19.8 Å². The lowest BCUT2D eigenvalue weighted by molar-refractivity contribution is -0.116. The fourth-order valence-electron chi connectivity index (χ4n) is 4.43. The van der Waals surface area contributed by atoms with Crippen LogP contribution in [0.5, 0.6) is 5.75 Å². The number of aliphatic hydroxyl groups is 2. The monoisotopic (exact) mass is 474 g/mol. The Morgan fingerprint density at radius 1 is 0.912 bits per heavy atom. The first-order valence-electron chi connectivity index (χ1n) is 12.8. The van der Waals surface area contributed by atoms with Gasteiger partial charge in [-0.1, -0.05) is 64.2 Å². The van der Waals surface area contributed by atoms with Crippen LogP contribution in [0.15, 0.2) is 27.4 Å². The third kappa shape index (κ3) is 9.98. The number of unbranched alkanes of at least 4 members (excludes halogenated alkanes) is 10. The number of aryl methyl sites for hydroxylation is 1. The number of Topliss-reactive ketones (excluding diaryl/α,β-unsaturated/α-hetero) is 1. The van der Waals surface area contributed by atoms with Gasteiger partial charge in [-0.25, -0.2) is 0 Å². The predicted molar refractivity (Wildman–Crippen MR) is 135 cm³/mol. The van der Waals surface area contributed by atoms with E-state index >= 15 is 0 Å². The van der Waals surface area contributed by atoms with Crippen molar-refractivity contribution in [1.29, 1.82) is 0 Å². The minimum Gasteiger partial charge on any atom is -0.508 e. The van der Waals surface area contributed by atoms with Crippen molar-refractivity contribution in [2.45, 2.75) is 109 Å². The van der Waals surface area contributed by atoms with Gasteiger partial charge in [0, 0.05) is 12.1 Å². The third-order valence-electron chi connectivity index (χ3n) is 6.37. The summed E-state index contributed by atoms with van der Waals surface area (Å²) in [6.07, 6.45) is 14.0. The Labute approximate surface area is 203 Å². The highest BCUT2D eigenvalue weighted by Crippen LogP contribution is 2.25. The van der Waals surface area contributed by atoms with E-state index in [1.54, 1.807) is 13.0 Å². The van der Waals surface area contributed by atoms with Crippen molar-refractivity contribution in [3.8, 4) is 5.75 Å². The van der Waals surface area contributed by atoms with E-state index in [0.29, 0.717) is 29.6 Å². The number of carbonyl (C=O) groups is 1. The number of carbonyl (C=O) groups excluding carboxylic acids is 1. The summed E-state index contributed by atoms with van der Waals surface area (Å²) in [6, 6.07) is 4.49. The Bertz CT molecular complexity index is 959. The van der Waals surface area contributed by atoms with Crippen LogP contribution in [0.25, 0.3) is 11.0 Å². The first kappa shape index (κ1) is 28.1. The fourth-order valence-corrected chi connectivity index (χ4v) is 4.43. The molecule has 190 valence electrons. The largest absolute Gasteiger partial charge is 0.508 e. The Balaban J connectivity index is 1.64. The molecule has 1 aromatic heterocycles. The number of aromatic hydroxyl groups is 1. The number of ketones is 1. The number of phenols is 1. The molecule has 2 rings (SSSR count). The van der Waals surface area contributed by atoms with Crippen LogP contribution in [0.1, 0.15) is 102 Å². The van der Waals surface area contributed by atoms with Gasteiger partial charge < -0.3 is 19.7 Å². The molecule has 0 bridgehead atoms. The summed E-state index contributed by atoms with van der Waals surface area (Å²) in [5.74, 6) is 0.327. The van der Waals surface area contributed by atoms with Gasteiger partial charge >= 0.3 is 0 Å². The quantitative estimate of drug-likeness (QED) is 0.258. The topological polar surface area (TPSA) is 108 Å². The van der Waals surface area contributed by atoms with Crippen molar-refractivity contribution < 1.29 is 24.5 Å². The van der Waals surface area contributed by atoms with Crippen LogP contribution in [-0.2, 0) is 17.6 Å². The lowest BCUT2D eigenvalue weighted by atomic mass is 9.98. The van der Waals surface area contributed by atoms with Crippen LogP contribution in [-0.4, -0.2) is 33.3 Å². The highest BCUT2D eigenvalue weighted by atomic mass is 16.3. The van der Waals surface area contributed by atoms with E-state index in [2.05, 4.69) is 0 Å². The number of hydrogen-bond donors (Lipinski definition) is 3. The van der Waals surface area contributed by atoms with Gasteiger partial charge in [-0.3, -0.25) is 9.59 Å². The molecule has 0 aliphatic heterocycles. The highest BCUT2D eigenvalue weighted by Gasteiger charge is 2.17.